The molecule has 1 aliphatic rings. The fourth-order valence-electron chi connectivity index (χ4n) is 2.99. The summed E-state index contributed by atoms with van der Waals surface area (Å²) in [5.74, 6) is -1.74. The highest BCUT2D eigenvalue weighted by molar-refractivity contribution is 7.91. The fraction of sp³-hybridized carbons (Fsp3) is 0.353. The lowest BCUT2D eigenvalue weighted by molar-refractivity contribution is -0.385. The maximum absolute atomic E-state index is 13.4. The number of hydrogen-bond acceptors (Lipinski definition) is 7. The van der Waals surface area contributed by atoms with Crippen LogP contribution in [0, 0.1) is 15.9 Å². The summed E-state index contributed by atoms with van der Waals surface area (Å²) in [6.45, 7) is -0.350. The van der Waals surface area contributed by atoms with Crippen LogP contribution in [0.25, 0.3) is 0 Å². The lowest BCUT2D eigenvalue weighted by Crippen LogP contribution is -2.42. The normalized spacial score (nSPS) is 18.0. The van der Waals surface area contributed by atoms with E-state index in [-0.39, 0.29) is 23.8 Å². The lowest BCUT2D eigenvalue weighted by atomic mass is 10.2. The van der Waals surface area contributed by atoms with Crippen LogP contribution >= 0.6 is 11.3 Å². The van der Waals surface area contributed by atoms with Gasteiger partial charge in [-0.2, -0.15) is 0 Å². The molecule has 1 aliphatic heterocycles. The van der Waals surface area contributed by atoms with E-state index in [1.165, 1.54) is 16.2 Å². The molecule has 0 N–H and O–H groups in total. The molecule has 11 heteroatoms. The van der Waals surface area contributed by atoms with Crippen molar-refractivity contribution < 1.29 is 27.3 Å². The smallest absolute Gasteiger partial charge is 0.311 e. The first-order chi connectivity index (χ1) is 13.2. The first kappa shape index (κ1) is 20.2. The van der Waals surface area contributed by atoms with Crippen molar-refractivity contribution in [1.29, 1.82) is 0 Å². The molecule has 0 saturated carbocycles. The van der Waals surface area contributed by atoms with Gasteiger partial charge in [0, 0.05) is 23.1 Å². The van der Waals surface area contributed by atoms with Crippen LogP contribution in [0.2, 0.25) is 0 Å². The van der Waals surface area contributed by atoms with Gasteiger partial charge in [0.05, 0.1) is 23.0 Å². The molecule has 1 atom stereocenters. The summed E-state index contributed by atoms with van der Waals surface area (Å²) in [5, 5.41) is 12.9. The molecule has 2 aromatic rings. The lowest BCUT2D eigenvalue weighted by Gasteiger charge is -2.27. The molecule has 3 rings (SSSR count). The Morgan fingerprint density at radius 3 is 2.79 bits per heavy atom. The molecule has 8 nitrogen and oxygen atoms in total. The first-order valence-electron chi connectivity index (χ1n) is 8.34. The second-order valence-corrected chi connectivity index (χ2v) is 9.58. The van der Waals surface area contributed by atoms with Gasteiger partial charge in [-0.1, -0.05) is 6.07 Å². The monoisotopic (exact) mass is 428 g/mol. The third-order valence-electron chi connectivity index (χ3n) is 4.35. The van der Waals surface area contributed by atoms with Crippen LogP contribution < -0.4 is 4.74 Å². The van der Waals surface area contributed by atoms with Crippen molar-refractivity contribution in [2.45, 2.75) is 19.0 Å². The highest BCUT2D eigenvalue weighted by atomic mass is 32.2. The largest absolute Gasteiger partial charge is 0.477 e. The quantitative estimate of drug-likeness (QED) is 0.495. The number of thiophene rings is 1. The number of carbonyl (C=O) groups is 1. The van der Waals surface area contributed by atoms with E-state index >= 15 is 0 Å². The van der Waals surface area contributed by atoms with Crippen molar-refractivity contribution in [1.82, 2.24) is 4.90 Å². The van der Waals surface area contributed by atoms with Gasteiger partial charge in [0.2, 0.25) is 5.75 Å². The average molecular weight is 428 g/mol. The van der Waals surface area contributed by atoms with Gasteiger partial charge < -0.3 is 9.64 Å². The summed E-state index contributed by atoms with van der Waals surface area (Å²) in [6.07, 6.45) is 0.319. The van der Waals surface area contributed by atoms with Crippen molar-refractivity contribution in [2.24, 2.45) is 0 Å². The van der Waals surface area contributed by atoms with Crippen LogP contribution in [-0.2, 0) is 21.2 Å². The number of halogens is 1. The Balaban J connectivity index is 1.76. The molecule has 1 amide bonds. The van der Waals surface area contributed by atoms with Gasteiger partial charge in [0.15, 0.2) is 16.4 Å². The van der Waals surface area contributed by atoms with E-state index in [1.54, 1.807) is 0 Å². The molecular weight excluding hydrogens is 411 g/mol. The number of sulfone groups is 1. The minimum atomic E-state index is -3.21. The molecule has 1 fully saturated rings. The zero-order chi connectivity index (χ0) is 20.3. The number of nitrogens with zero attached hydrogens (tertiary/aromatic N) is 2. The van der Waals surface area contributed by atoms with E-state index in [2.05, 4.69) is 0 Å². The maximum atomic E-state index is 13.4. The Hall–Kier alpha value is -2.53. The van der Waals surface area contributed by atoms with Gasteiger partial charge >= 0.3 is 5.69 Å². The Morgan fingerprint density at radius 1 is 1.39 bits per heavy atom. The van der Waals surface area contributed by atoms with Gasteiger partial charge in [-0.3, -0.25) is 14.9 Å². The Kier molecular flexibility index (Phi) is 5.94. The first-order valence-corrected chi connectivity index (χ1v) is 11.0. The molecule has 1 aromatic carbocycles. The summed E-state index contributed by atoms with van der Waals surface area (Å²) in [5.41, 5.74) is -0.456. The van der Waals surface area contributed by atoms with Crippen LogP contribution in [0.15, 0.2) is 35.7 Å². The Morgan fingerprint density at radius 2 is 2.18 bits per heavy atom. The summed E-state index contributed by atoms with van der Waals surface area (Å²) < 4.78 is 42.3. The maximum Gasteiger partial charge on any atom is 0.311 e. The number of nitro groups is 1. The average Bonchev–Trinajstić information content (AvgIpc) is 3.26. The van der Waals surface area contributed by atoms with E-state index in [4.69, 9.17) is 4.74 Å². The summed E-state index contributed by atoms with van der Waals surface area (Å²) in [7, 11) is -3.21. The molecule has 0 bridgehead atoms. The molecule has 150 valence electrons. The van der Waals surface area contributed by atoms with Gasteiger partial charge in [0.1, 0.15) is 5.82 Å². The topological polar surface area (TPSA) is 107 Å². The minimum absolute atomic E-state index is 0.00210. The van der Waals surface area contributed by atoms with Crippen molar-refractivity contribution in [3.63, 3.8) is 0 Å². The van der Waals surface area contributed by atoms with Crippen LogP contribution in [0.3, 0.4) is 0 Å². The molecule has 2 heterocycles. The van der Waals surface area contributed by atoms with E-state index < -0.39 is 44.8 Å². The number of rotatable bonds is 7. The van der Waals surface area contributed by atoms with Gasteiger partial charge in [-0.15, -0.1) is 11.3 Å². The third-order valence-corrected chi connectivity index (χ3v) is 6.96. The molecular formula is C17H17FN2O6S2. The number of amides is 1. The Bertz CT molecular complexity index is 978. The molecule has 0 aliphatic carbocycles. The molecule has 1 unspecified atom stereocenters. The minimum Gasteiger partial charge on any atom is -0.477 e. The van der Waals surface area contributed by atoms with Crippen molar-refractivity contribution in [2.75, 3.05) is 18.1 Å². The molecule has 28 heavy (non-hydrogen) atoms. The van der Waals surface area contributed by atoms with E-state index in [0.29, 0.717) is 6.42 Å². The molecule has 0 spiro atoms. The van der Waals surface area contributed by atoms with Crippen molar-refractivity contribution in [3.05, 3.63) is 56.5 Å². The summed E-state index contributed by atoms with van der Waals surface area (Å²) >= 11 is 1.43. The van der Waals surface area contributed by atoms with Crippen molar-refractivity contribution >= 4 is 32.8 Å². The van der Waals surface area contributed by atoms with Gasteiger partial charge in [0.25, 0.3) is 5.91 Å². The molecule has 1 saturated heterocycles. The number of ether oxygens (including phenoxy) is 1. The van der Waals surface area contributed by atoms with Crippen LogP contribution in [-0.4, -0.2) is 48.3 Å². The number of nitro benzene ring substituents is 1. The SMILES string of the molecule is O=C(COc1cc(F)ccc1[N+](=O)[O-])N(Cc1cccs1)C1CCS(=O)(=O)C1. The summed E-state index contributed by atoms with van der Waals surface area (Å²) in [6, 6.07) is 5.88. The zero-order valence-corrected chi connectivity index (χ0v) is 16.2. The van der Waals surface area contributed by atoms with E-state index in [9.17, 15) is 27.7 Å². The fourth-order valence-corrected chi connectivity index (χ4v) is 5.42. The van der Waals surface area contributed by atoms with Crippen LogP contribution in [0.1, 0.15) is 11.3 Å². The highest BCUT2D eigenvalue weighted by Crippen LogP contribution is 2.28. The number of hydrogen-bond donors (Lipinski definition) is 0. The van der Waals surface area contributed by atoms with Crippen LogP contribution in [0.4, 0.5) is 10.1 Å². The van der Waals surface area contributed by atoms with Crippen molar-refractivity contribution in [3.8, 4) is 5.75 Å². The second-order valence-electron chi connectivity index (χ2n) is 6.32. The van der Waals surface area contributed by atoms with Crippen LogP contribution in [0.5, 0.6) is 5.75 Å². The number of carbonyl (C=O) groups excluding carboxylic acids is 1. The standard InChI is InChI=1S/C17H17FN2O6S2/c18-12-3-4-15(20(22)23)16(8-12)26-10-17(21)19(9-14-2-1-6-27-14)13-5-7-28(24,25)11-13/h1-4,6,8,13H,5,7,9-11H2. The Labute approximate surface area is 164 Å². The van der Waals surface area contributed by atoms with E-state index in [1.807, 2.05) is 17.5 Å². The summed E-state index contributed by atoms with van der Waals surface area (Å²) in [4.78, 5) is 25.4. The zero-order valence-electron chi connectivity index (χ0n) is 14.6. The predicted molar refractivity (Wildman–Crippen MR) is 100 cm³/mol. The number of benzene rings is 1. The second kappa shape index (κ2) is 8.23. The van der Waals surface area contributed by atoms with E-state index in [0.717, 1.165) is 23.1 Å². The van der Waals surface area contributed by atoms with Gasteiger partial charge in [-0.25, -0.2) is 12.8 Å². The van der Waals surface area contributed by atoms with Gasteiger partial charge in [-0.05, 0) is 23.9 Å². The third kappa shape index (κ3) is 4.84. The highest BCUT2D eigenvalue weighted by Gasteiger charge is 2.35. The molecule has 1 aromatic heterocycles. The predicted octanol–water partition coefficient (Wildman–Crippen LogP) is 2.39. The molecule has 0 radical (unpaired) electrons.